The lowest BCUT2D eigenvalue weighted by molar-refractivity contribution is -0.143. The number of hydrogen-bond acceptors (Lipinski definition) is 4. The van der Waals surface area contributed by atoms with E-state index in [1.54, 1.807) is 11.8 Å². The molecule has 0 aliphatic heterocycles. The SMILES string of the molecule is COC(=O)C(C)CSCc1ccc(-c2ccc(Br)cc2)o1. The van der Waals surface area contributed by atoms with Crippen LogP contribution in [0.1, 0.15) is 12.7 Å². The fraction of sp³-hybridized carbons (Fsp3) is 0.312. The molecule has 5 heteroatoms. The van der Waals surface area contributed by atoms with Gasteiger partial charge in [-0.2, -0.15) is 11.8 Å². The molecule has 1 aromatic carbocycles. The maximum atomic E-state index is 11.3. The van der Waals surface area contributed by atoms with Crippen LogP contribution in [-0.2, 0) is 15.3 Å². The lowest BCUT2D eigenvalue weighted by Crippen LogP contribution is -2.14. The molecule has 0 aliphatic rings. The number of thioether (sulfide) groups is 1. The van der Waals surface area contributed by atoms with Gasteiger partial charge in [0.25, 0.3) is 0 Å². The van der Waals surface area contributed by atoms with E-state index in [-0.39, 0.29) is 11.9 Å². The number of furan rings is 1. The number of methoxy groups -OCH3 is 1. The molecule has 0 spiro atoms. The highest BCUT2D eigenvalue weighted by molar-refractivity contribution is 9.10. The van der Waals surface area contributed by atoms with Crippen molar-refractivity contribution in [3.05, 3.63) is 46.6 Å². The van der Waals surface area contributed by atoms with E-state index in [4.69, 9.17) is 9.15 Å². The molecule has 2 rings (SSSR count). The molecule has 0 saturated heterocycles. The summed E-state index contributed by atoms with van der Waals surface area (Å²) < 4.78 is 11.6. The zero-order chi connectivity index (χ0) is 15.2. The van der Waals surface area contributed by atoms with Crippen LogP contribution >= 0.6 is 27.7 Å². The number of rotatable bonds is 6. The summed E-state index contributed by atoms with van der Waals surface area (Å²) in [6, 6.07) is 12.0. The van der Waals surface area contributed by atoms with Crippen molar-refractivity contribution in [2.24, 2.45) is 5.92 Å². The predicted octanol–water partition coefficient (Wildman–Crippen LogP) is 4.75. The molecule has 1 unspecified atom stereocenters. The molecule has 1 aromatic heterocycles. The Balaban J connectivity index is 1.89. The number of ether oxygens (including phenoxy) is 1. The summed E-state index contributed by atoms with van der Waals surface area (Å²) >= 11 is 5.08. The van der Waals surface area contributed by atoms with Crippen molar-refractivity contribution >= 4 is 33.7 Å². The number of carbonyl (C=O) groups is 1. The minimum Gasteiger partial charge on any atom is -0.469 e. The molecule has 2 aromatic rings. The highest BCUT2D eigenvalue weighted by Gasteiger charge is 2.13. The van der Waals surface area contributed by atoms with E-state index >= 15 is 0 Å². The molecule has 3 nitrogen and oxygen atoms in total. The molecule has 1 heterocycles. The van der Waals surface area contributed by atoms with E-state index in [0.717, 1.165) is 33.1 Å². The number of benzene rings is 1. The molecular weight excluding hydrogens is 352 g/mol. The molecule has 0 aliphatic carbocycles. The number of hydrogen-bond donors (Lipinski definition) is 0. The molecule has 1 atom stereocenters. The van der Waals surface area contributed by atoms with Gasteiger partial charge in [0.15, 0.2) is 0 Å². The summed E-state index contributed by atoms with van der Waals surface area (Å²) in [6.07, 6.45) is 0. The second-order valence-corrected chi connectivity index (χ2v) is 6.66. The second kappa shape index (κ2) is 7.71. The maximum Gasteiger partial charge on any atom is 0.309 e. The minimum absolute atomic E-state index is 0.0964. The maximum absolute atomic E-state index is 11.3. The van der Waals surface area contributed by atoms with E-state index in [9.17, 15) is 4.79 Å². The Labute approximate surface area is 137 Å². The first kappa shape index (κ1) is 16.2. The van der Waals surface area contributed by atoms with Crippen LogP contribution in [0.3, 0.4) is 0 Å². The topological polar surface area (TPSA) is 39.4 Å². The lowest BCUT2D eigenvalue weighted by Gasteiger charge is -2.07. The summed E-state index contributed by atoms with van der Waals surface area (Å²) in [4.78, 5) is 11.3. The summed E-state index contributed by atoms with van der Waals surface area (Å²) in [6.45, 7) is 1.87. The third kappa shape index (κ3) is 4.64. The normalized spacial score (nSPS) is 12.1. The van der Waals surface area contributed by atoms with Gasteiger partial charge in [-0.3, -0.25) is 4.79 Å². The quantitative estimate of drug-likeness (QED) is 0.689. The Kier molecular flexibility index (Phi) is 5.94. The van der Waals surface area contributed by atoms with Gasteiger partial charge in [-0.05, 0) is 24.3 Å². The minimum atomic E-state index is -0.169. The van der Waals surface area contributed by atoms with Crippen LogP contribution in [-0.4, -0.2) is 18.8 Å². The average Bonchev–Trinajstić information content (AvgIpc) is 2.95. The van der Waals surface area contributed by atoms with E-state index in [2.05, 4.69) is 15.9 Å². The van der Waals surface area contributed by atoms with Crippen molar-refractivity contribution < 1.29 is 13.9 Å². The standard InChI is InChI=1S/C16H17BrO3S/c1-11(16(18)19-2)9-21-10-14-7-8-15(20-14)12-3-5-13(17)6-4-12/h3-8,11H,9-10H2,1-2H3. The summed E-state index contributed by atoms with van der Waals surface area (Å²) in [7, 11) is 1.42. The molecule has 0 radical (unpaired) electrons. The van der Waals surface area contributed by atoms with Crippen molar-refractivity contribution in [1.82, 2.24) is 0 Å². The van der Waals surface area contributed by atoms with Crippen LogP contribution in [0.5, 0.6) is 0 Å². The highest BCUT2D eigenvalue weighted by Crippen LogP contribution is 2.26. The lowest BCUT2D eigenvalue weighted by atomic mass is 10.2. The van der Waals surface area contributed by atoms with Gasteiger partial charge in [0.1, 0.15) is 11.5 Å². The van der Waals surface area contributed by atoms with E-state index in [1.165, 1.54) is 7.11 Å². The fourth-order valence-corrected chi connectivity index (χ4v) is 3.06. The first-order valence-corrected chi connectivity index (χ1v) is 8.55. The monoisotopic (exact) mass is 368 g/mol. The van der Waals surface area contributed by atoms with Gasteiger partial charge in [-0.1, -0.05) is 35.0 Å². The van der Waals surface area contributed by atoms with Crippen LogP contribution in [0.25, 0.3) is 11.3 Å². The molecule has 0 N–H and O–H groups in total. The average molecular weight is 369 g/mol. The van der Waals surface area contributed by atoms with Crippen LogP contribution in [0.2, 0.25) is 0 Å². The van der Waals surface area contributed by atoms with Crippen LogP contribution in [0.4, 0.5) is 0 Å². The van der Waals surface area contributed by atoms with Gasteiger partial charge in [-0.15, -0.1) is 0 Å². The van der Waals surface area contributed by atoms with Crippen LogP contribution < -0.4 is 0 Å². The molecule has 0 saturated carbocycles. The van der Waals surface area contributed by atoms with Gasteiger partial charge < -0.3 is 9.15 Å². The third-order valence-corrected chi connectivity index (χ3v) is 4.76. The molecule has 0 bridgehead atoms. The van der Waals surface area contributed by atoms with Gasteiger partial charge in [0.2, 0.25) is 0 Å². The highest BCUT2D eigenvalue weighted by atomic mass is 79.9. The third-order valence-electron chi connectivity index (χ3n) is 3.01. The van der Waals surface area contributed by atoms with Crippen molar-refractivity contribution in [2.75, 3.05) is 12.9 Å². The predicted molar refractivity (Wildman–Crippen MR) is 89.2 cm³/mol. The Bertz CT molecular complexity index is 592. The van der Waals surface area contributed by atoms with E-state index in [0.29, 0.717) is 0 Å². The summed E-state index contributed by atoms with van der Waals surface area (Å²) in [5, 5.41) is 0. The Morgan fingerprint density at radius 1 is 1.29 bits per heavy atom. The summed E-state index contributed by atoms with van der Waals surface area (Å²) in [5.41, 5.74) is 1.05. The molecule has 0 fully saturated rings. The number of carbonyl (C=O) groups excluding carboxylic acids is 1. The van der Waals surface area contributed by atoms with Gasteiger partial charge >= 0.3 is 5.97 Å². The first-order valence-electron chi connectivity index (χ1n) is 6.60. The first-order chi connectivity index (χ1) is 10.1. The van der Waals surface area contributed by atoms with Crippen molar-refractivity contribution in [3.8, 4) is 11.3 Å². The van der Waals surface area contributed by atoms with Gasteiger partial charge in [0, 0.05) is 15.8 Å². The van der Waals surface area contributed by atoms with E-state index in [1.807, 2.05) is 43.3 Å². The van der Waals surface area contributed by atoms with Crippen molar-refractivity contribution in [3.63, 3.8) is 0 Å². The Morgan fingerprint density at radius 3 is 2.67 bits per heavy atom. The Morgan fingerprint density at radius 2 is 2.00 bits per heavy atom. The van der Waals surface area contributed by atoms with Gasteiger partial charge in [-0.25, -0.2) is 0 Å². The van der Waals surface area contributed by atoms with Crippen LogP contribution in [0, 0.1) is 5.92 Å². The Hall–Kier alpha value is -1.20. The van der Waals surface area contributed by atoms with Crippen molar-refractivity contribution in [2.45, 2.75) is 12.7 Å². The zero-order valence-corrected chi connectivity index (χ0v) is 14.4. The van der Waals surface area contributed by atoms with Crippen molar-refractivity contribution in [1.29, 1.82) is 0 Å². The molecular formula is C16H17BrO3S. The number of halogens is 1. The zero-order valence-electron chi connectivity index (χ0n) is 12.0. The largest absolute Gasteiger partial charge is 0.469 e. The summed E-state index contributed by atoms with van der Waals surface area (Å²) in [5.74, 6) is 2.98. The fourth-order valence-electron chi connectivity index (χ4n) is 1.83. The smallest absolute Gasteiger partial charge is 0.309 e. The van der Waals surface area contributed by atoms with Gasteiger partial charge in [0.05, 0.1) is 18.8 Å². The molecule has 21 heavy (non-hydrogen) atoms. The molecule has 0 amide bonds. The number of esters is 1. The molecule has 112 valence electrons. The second-order valence-electron chi connectivity index (χ2n) is 4.71. The van der Waals surface area contributed by atoms with Crippen LogP contribution in [0.15, 0.2) is 45.3 Å². The van der Waals surface area contributed by atoms with E-state index < -0.39 is 0 Å².